The molecule has 2 fully saturated rings. The van der Waals surface area contributed by atoms with Crippen molar-refractivity contribution in [2.24, 2.45) is 11.8 Å². The topological polar surface area (TPSA) is 42.0 Å². The van der Waals surface area contributed by atoms with Gasteiger partial charge >= 0.3 is 0 Å². The quantitative estimate of drug-likeness (QED) is 0.639. The van der Waals surface area contributed by atoms with Crippen molar-refractivity contribution in [3.8, 4) is 5.75 Å². The molecule has 3 atom stereocenters. The number of piperidine rings is 1. The first-order valence-electron chi connectivity index (χ1n) is 11.0. The average molecular weight is 387 g/mol. The molecule has 3 aliphatic rings. The minimum Gasteiger partial charge on any atom is -0.482 e. The number of hydrogen-bond acceptors (Lipinski definition) is 4. The first-order chi connectivity index (χ1) is 13.7. The first-order valence-corrected chi connectivity index (χ1v) is 11.0. The van der Waals surface area contributed by atoms with Crippen LogP contribution in [0.3, 0.4) is 0 Å². The largest absolute Gasteiger partial charge is 0.482 e. The number of carbonyl (C=O) groups excluding carboxylic acids is 1. The maximum absolute atomic E-state index is 12.5. The lowest BCUT2D eigenvalue weighted by atomic mass is 9.88. The van der Waals surface area contributed by atoms with Crippen LogP contribution < -0.4 is 9.64 Å². The van der Waals surface area contributed by atoms with Gasteiger partial charge in [-0.25, -0.2) is 0 Å². The van der Waals surface area contributed by atoms with Crippen LogP contribution in [0.25, 0.3) is 0 Å². The van der Waals surface area contributed by atoms with Crippen LogP contribution in [0.15, 0.2) is 24.3 Å². The second-order valence-electron chi connectivity index (χ2n) is 8.77. The van der Waals surface area contributed by atoms with Crippen molar-refractivity contribution in [3.05, 3.63) is 24.3 Å². The number of nitrogens with zero attached hydrogens (tertiary/aromatic N) is 2. The Labute approximate surface area is 169 Å². The molecule has 1 aromatic rings. The SMILES string of the molecule is CCOCCC1CC2CCC(C1)N2CC(C)CN1C(=O)COc2ccccc21. The predicted molar refractivity (Wildman–Crippen MR) is 111 cm³/mol. The van der Waals surface area contributed by atoms with E-state index in [1.165, 1.54) is 32.1 Å². The van der Waals surface area contributed by atoms with E-state index in [0.29, 0.717) is 5.92 Å². The van der Waals surface area contributed by atoms with Gasteiger partial charge in [0, 0.05) is 38.4 Å². The molecule has 1 aromatic carbocycles. The molecule has 5 heteroatoms. The Morgan fingerprint density at radius 3 is 2.68 bits per heavy atom. The van der Waals surface area contributed by atoms with Crippen molar-refractivity contribution < 1.29 is 14.3 Å². The number of carbonyl (C=O) groups is 1. The Bertz CT molecular complexity index is 666. The molecule has 3 heterocycles. The molecule has 0 N–H and O–H groups in total. The lowest BCUT2D eigenvalue weighted by molar-refractivity contribution is -0.121. The van der Waals surface area contributed by atoms with E-state index in [-0.39, 0.29) is 12.5 Å². The zero-order chi connectivity index (χ0) is 19.5. The van der Waals surface area contributed by atoms with E-state index in [0.717, 1.165) is 55.7 Å². The van der Waals surface area contributed by atoms with E-state index in [2.05, 4.69) is 18.7 Å². The molecule has 3 unspecified atom stereocenters. The van der Waals surface area contributed by atoms with E-state index >= 15 is 0 Å². The summed E-state index contributed by atoms with van der Waals surface area (Å²) in [7, 11) is 0. The molecule has 5 nitrogen and oxygen atoms in total. The summed E-state index contributed by atoms with van der Waals surface area (Å²) in [5, 5.41) is 0. The normalized spacial score (nSPS) is 28.1. The Balaban J connectivity index is 1.34. The van der Waals surface area contributed by atoms with Crippen LogP contribution in [0.4, 0.5) is 5.69 Å². The van der Waals surface area contributed by atoms with Gasteiger partial charge in [-0.05, 0) is 63.0 Å². The molecule has 28 heavy (non-hydrogen) atoms. The average Bonchev–Trinajstić information content (AvgIpc) is 2.92. The predicted octanol–water partition coefficient (Wildman–Crippen LogP) is 3.72. The third kappa shape index (κ3) is 4.20. The Morgan fingerprint density at radius 2 is 1.93 bits per heavy atom. The van der Waals surface area contributed by atoms with Crippen molar-refractivity contribution >= 4 is 11.6 Å². The van der Waals surface area contributed by atoms with Gasteiger partial charge in [0.05, 0.1) is 5.69 Å². The lowest BCUT2D eigenvalue weighted by Crippen LogP contribution is -2.48. The number of fused-ring (bicyclic) bond motifs is 3. The summed E-state index contributed by atoms with van der Waals surface area (Å²) in [5.41, 5.74) is 0.920. The van der Waals surface area contributed by atoms with Gasteiger partial charge in [0.15, 0.2) is 6.61 Å². The van der Waals surface area contributed by atoms with Crippen LogP contribution in [0, 0.1) is 11.8 Å². The van der Waals surface area contributed by atoms with Crippen molar-refractivity contribution in [3.63, 3.8) is 0 Å². The monoisotopic (exact) mass is 386 g/mol. The number of hydrogen-bond donors (Lipinski definition) is 0. The molecule has 0 spiro atoms. The van der Waals surface area contributed by atoms with Gasteiger partial charge in [-0.15, -0.1) is 0 Å². The Hall–Kier alpha value is -1.59. The fourth-order valence-corrected chi connectivity index (χ4v) is 5.40. The van der Waals surface area contributed by atoms with E-state index in [9.17, 15) is 4.79 Å². The Kier molecular flexibility index (Phi) is 6.22. The number of anilines is 1. The molecule has 0 radical (unpaired) electrons. The smallest absolute Gasteiger partial charge is 0.265 e. The van der Waals surface area contributed by atoms with Crippen LogP contribution >= 0.6 is 0 Å². The molecule has 1 amide bonds. The summed E-state index contributed by atoms with van der Waals surface area (Å²) in [4.78, 5) is 17.1. The summed E-state index contributed by atoms with van der Waals surface area (Å²) in [6.45, 7) is 8.10. The number of para-hydroxylation sites is 2. The van der Waals surface area contributed by atoms with Crippen LogP contribution in [0.5, 0.6) is 5.75 Å². The second-order valence-corrected chi connectivity index (χ2v) is 8.77. The van der Waals surface area contributed by atoms with Gasteiger partial charge in [-0.3, -0.25) is 9.69 Å². The fraction of sp³-hybridized carbons (Fsp3) is 0.696. The maximum Gasteiger partial charge on any atom is 0.265 e. The minimum atomic E-state index is 0.0724. The number of rotatable bonds is 8. The van der Waals surface area contributed by atoms with E-state index < -0.39 is 0 Å². The highest BCUT2D eigenvalue weighted by Gasteiger charge is 2.41. The molecule has 4 rings (SSSR count). The highest BCUT2D eigenvalue weighted by molar-refractivity contribution is 5.97. The van der Waals surface area contributed by atoms with Crippen molar-refractivity contribution in [1.29, 1.82) is 0 Å². The molecule has 154 valence electrons. The number of amides is 1. The molecule has 0 saturated carbocycles. The summed E-state index contributed by atoms with van der Waals surface area (Å²) in [5.74, 6) is 2.16. The van der Waals surface area contributed by atoms with Gasteiger partial charge in [-0.1, -0.05) is 19.1 Å². The standard InChI is InChI=1S/C23H34N2O3/c1-3-27-11-10-18-12-19-8-9-20(13-18)24(19)14-17(2)15-25-21-6-4-5-7-22(21)28-16-23(25)26/h4-7,17-20H,3,8-16H2,1-2H3. The van der Waals surface area contributed by atoms with Gasteiger partial charge in [-0.2, -0.15) is 0 Å². The number of benzene rings is 1. The van der Waals surface area contributed by atoms with Crippen molar-refractivity contribution in [2.75, 3.05) is 37.8 Å². The third-order valence-electron chi connectivity index (χ3n) is 6.68. The van der Waals surface area contributed by atoms with E-state index in [4.69, 9.17) is 9.47 Å². The zero-order valence-corrected chi connectivity index (χ0v) is 17.3. The molecular formula is C23H34N2O3. The second kappa shape index (κ2) is 8.83. The summed E-state index contributed by atoms with van der Waals surface area (Å²) in [6.07, 6.45) is 6.51. The zero-order valence-electron chi connectivity index (χ0n) is 17.3. The van der Waals surface area contributed by atoms with Crippen LogP contribution in [0.1, 0.15) is 46.0 Å². The third-order valence-corrected chi connectivity index (χ3v) is 6.68. The summed E-state index contributed by atoms with van der Waals surface area (Å²) >= 11 is 0. The highest BCUT2D eigenvalue weighted by Crippen LogP contribution is 2.40. The molecule has 2 saturated heterocycles. The van der Waals surface area contributed by atoms with E-state index in [1.54, 1.807) is 0 Å². The Morgan fingerprint density at radius 1 is 1.18 bits per heavy atom. The molecule has 3 aliphatic heterocycles. The summed E-state index contributed by atoms with van der Waals surface area (Å²) in [6, 6.07) is 9.33. The van der Waals surface area contributed by atoms with Gasteiger partial charge in [0.2, 0.25) is 0 Å². The van der Waals surface area contributed by atoms with Gasteiger partial charge in [0.25, 0.3) is 5.91 Å². The molecule has 0 aliphatic carbocycles. The number of ether oxygens (including phenoxy) is 2. The molecule has 0 aromatic heterocycles. The highest BCUT2D eigenvalue weighted by atomic mass is 16.5. The minimum absolute atomic E-state index is 0.0724. The molecular weight excluding hydrogens is 352 g/mol. The van der Waals surface area contributed by atoms with Crippen LogP contribution in [-0.2, 0) is 9.53 Å². The maximum atomic E-state index is 12.5. The fourth-order valence-electron chi connectivity index (χ4n) is 5.40. The van der Waals surface area contributed by atoms with Crippen LogP contribution in [0.2, 0.25) is 0 Å². The van der Waals surface area contributed by atoms with Gasteiger partial charge in [0.1, 0.15) is 5.75 Å². The molecule has 2 bridgehead atoms. The summed E-state index contributed by atoms with van der Waals surface area (Å²) < 4.78 is 11.2. The van der Waals surface area contributed by atoms with Gasteiger partial charge < -0.3 is 14.4 Å². The van der Waals surface area contributed by atoms with E-state index in [1.807, 2.05) is 29.2 Å². The van der Waals surface area contributed by atoms with Crippen molar-refractivity contribution in [1.82, 2.24) is 4.90 Å². The van der Waals surface area contributed by atoms with Crippen LogP contribution in [-0.4, -0.2) is 55.8 Å². The first kappa shape index (κ1) is 19.7. The lowest BCUT2D eigenvalue weighted by Gasteiger charge is -2.41. The van der Waals surface area contributed by atoms with Crippen molar-refractivity contribution in [2.45, 2.75) is 58.0 Å².